The maximum absolute atomic E-state index is 13.4. The summed E-state index contributed by atoms with van der Waals surface area (Å²) < 4.78 is 0. The molecule has 2 aromatic rings. The molecule has 29 heavy (non-hydrogen) atoms. The van der Waals surface area contributed by atoms with Gasteiger partial charge in [0.15, 0.2) is 0 Å². The van der Waals surface area contributed by atoms with Gasteiger partial charge in [-0.3, -0.25) is 9.59 Å². The minimum Gasteiger partial charge on any atom is -0.350 e. The van der Waals surface area contributed by atoms with Crippen LogP contribution >= 0.6 is 12.4 Å². The molecule has 6 heteroatoms. The first-order valence-electron chi connectivity index (χ1n) is 9.91. The lowest BCUT2D eigenvalue weighted by molar-refractivity contribution is -0.122. The average Bonchev–Trinajstić information content (AvgIpc) is 2.70. The van der Waals surface area contributed by atoms with E-state index in [0.717, 1.165) is 37.1 Å². The third-order valence-corrected chi connectivity index (χ3v) is 5.38. The zero-order chi connectivity index (χ0) is 20.1. The number of carbonyl (C=O) groups is 2. The summed E-state index contributed by atoms with van der Waals surface area (Å²) in [5.74, 6) is -0.137. The Morgan fingerprint density at radius 1 is 1.03 bits per heavy atom. The molecule has 5 nitrogen and oxygen atoms in total. The first-order chi connectivity index (χ1) is 13.4. The topological polar surface area (TPSA) is 70.2 Å². The molecule has 1 aliphatic heterocycles. The Labute approximate surface area is 179 Å². The summed E-state index contributed by atoms with van der Waals surface area (Å²) in [6, 6.07) is 15.5. The highest BCUT2D eigenvalue weighted by Gasteiger charge is 2.41. The molecule has 3 rings (SSSR count). The molecule has 2 aromatic carbocycles. The summed E-state index contributed by atoms with van der Waals surface area (Å²) in [6.07, 6.45) is 1.49. The molecule has 2 amide bonds. The Balaban J connectivity index is 0.00000300. The van der Waals surface area contributed by atoms with Gasteiger partial charge in [-0.25, -0.2) is 0 Å². The summed E-state index contributed by atoms with van der Waals surface area (Å²) in [6.45, 7) is 7.37. The number of hydrogen-bond donors (Lipinski definition) is 3. The molecule has 0 spiro atoms. The number of hydrogen-bond acceptors (Lipinski definition) is 3. The molecular weight excluding hydrogens is 386 g/mol. The largest absolute Gasteiger partial charge is 0.350 e. The van der Waals surface area contributed by atoms with E-state index in [0.29, 0.717) is 11.3 Å². The van der Waals surface area contributed by atoms with Crippen LogP contribution in [0.3, 0.4) is 0 Å². The number of aryl methyl sites for hydroxylation is 1. The van der Waals surface area contributed by atoms with E-state index in [-0.39, 0.29) is 30.3 Å². The summed E-state index contributed by atoms with van der Waals surface area (Å²) >= 11 is 0. The second kappa shape index (κ2) is 9.90. The third-order valence-electron chi connectivity index (χ3n) is 5.38. The Kier molecular flexibility index (Phi) is 7.82. The van der Waals surface area contributed by atoms with Crippen molar-refractivity contribution in [3.8, 4) is 0 Å². The van der Waals surface area contributed by atoms with Crippen molar-refractivity contribution in [1.29, 1.82) is 0 Å². The Morgan fingerprint density at radius 3 is 2.31 bits per heavy atom. The fourth-order valence-electron chi connectivity index (χ4n) is 3.79. The first-order valence-corrected chi connectivity index (χ1v) is 9.91. The molecule has 0 aliphatic carbocycles. The van der Waals surface area contributed by atoms with Crippen molar-refractivity contribution in [3.05, 3.63) is 65.2 Å². The van der Waals surface area contributed by atoms with Crippen molar-refractivity contribution >= 4 is 29.9 Å². The fraction of sp³-hybridized carbons (Fsp3) is 0.391. The highest BCUT2D eigenvalue weighted by molar-refractivity contribution is 6.01. The van der Waals surface area contributed by atoms with Gasteiger partial charge in [0.05, 0.1) is 5.41 Å². The number of amides is 2. The van der Waals surface area contributed by atoms with Gasteiger partial charge in [0.2, 0.25) is 5.91 Å². The van der Waals surface area contributed by atoms with Crippen molar-refractivity contribution in [1.82, 2.24) is 10.6 Å². The molecule has 0 atom stereocenters. The maximum atomic E-state index is 13.4. The van der Waals surface area contributed by atoms with Crippen molar-refractivity contribution < 1.29 is 9.59 Å². The maximum Gasteiger partial charge on any atom is 0.251 e. The van der Waals surface area contributed by atoms with Crippen molar-refractivity contribution in [3.63, 3.8) is 0 Å². The number of benzene rings is 2. The van der Waals surface area contributed by atoms with Crippen LogP contribution < -0.4 is 16.0 Å². The Bertz CT molecular complexity index is 846. The van der Waals surface area contributed by atoms with Crippen molar-refractivity contribution in [2.45, 2.75) is 45.1 Å². The number of nitrogens with one attached hydrogen (secondary N) is 3. The van der Waals surface area contributed by atoms with E-state index in [1.54, 1.807) is 6.07 Å². The molecule has 0 unspecified atom stereocenters. The lowest BCUT2D eigenvalue weighted by Gasteiger charge is -2.36. The minimum absolute atomic E-state index is 0. The predicted octanol–water partition coefficient (Wildman–Crippen LogP) is 3.81. The molecule has 3 N–H and O–H groups in total. The summed E-state index contributed by atoms with van der Waals surface area (Å²) in [7, 11) is 0. The summed E-state index contributed by atoms with van der Waals surface area (Å²) in [4.78, 5) is 25.9. The number of anilines is 1. The number of piperidine rings is 1. The lowest BCUT2D eigenvalue weighted by Crippen LogP contribution is -2.48. The molecular formula is C23H30ClN3O2. The number of carbonyl (C=O) groups excluding carboxylic acids is 2. The van der Waals surface area contributed by atoms with Gasteiger partial charge in [0.1, 0.15) is 0 Å². The molecule has 0 bridgehead atoms. The van der Waals surface area contributed by atoms with Crippen LogP contribution in [0.4, 0.5) is 5.69 Å². The molecule has 1 heterocycles. The minimum atomic E-state index is -0.558. The van der Waals surface area contributed by atoms with Gasteiger partial charge < -0.3 is 16.0 Å². The van der Waals surface area contributed by atoms with E-state index in [1.165, 1.54) is 0 Å². The van der Waals surface area contributed by atoms with E-state index in [4.69, 9.17) is 0 Å². The Hall–Kier alpha value is -2.37. The highest BCUT2D eigenvalue weighted by atomic mass is 35.5. The van der Waals surface area contributed by atoms with Gasteiger partial charge in [-0.15, -0.1) is 12.4 Å². The molecule has 0 aromatic heterocycles. The van der Waals surface area contributed by atoms with Gasteiger partial charge in [-0.05, 0) is 70.0 Å². The average molecular weight is 416 g/mol. The van der Waals surface area contributed by atoms with Crippen LogP contribution in [0.25, 0.3) is 0 Å². The van der Waals surface area contributed by atoms with Gasteiger partial charge in [0.25, 0.3) is 5.91 Å². The Morgan fingerprint density at radius 2 is 1.69 bits per heavy atom. The van der Waals surface area contributed by atoms with Gasteiger partial charge in [0, 0.05) is 17.3 Å². The van der Waals surface area contributed by atoms with Crippen LogP contribution in [-0.4, -0.2) is 30.9 Å². The third kappa shape index (κ3) is 5.17. The summed E-state index contributed by atoms with van der Waals surface area (Å²) in [5.41, 5.74) is 2.61. The molecule has 1 aliphatic rings. The standard InChI is InChI=1S/C23H29N3O2.ClH/c1-16(2)25-21(27)20-15-19(10-9-17(20)3)26-22(28)23(11-13-24-14-12-23)18-7-5-4-6-8-18;/h4-10,15-16,24H,11-14H2,1-3H3,(H,25,27)(H,26,28);1H. The highest BCUT2D eigenvalue weighted by Crippen LogP contribution is 2.35. The van der Waals surface area contributed by atoms with Crippen LogP contribution in [0.15, 0.2) is 48.5 Å². The normalized spacial score (nSPS) is 15.3. The smallest absolute Gasteiger partial charge is 0.251 e. The van der Waals surface area contributed by atoms with Gasteiger partial charge >= 0.3 is 0 Å². The van der Waals surface area contributed by atoms with Crippen LogP contribution in [0.2, 0.25) is 0 Å². The fourth-order valence-corrected chi connectivity index (χ4v) is 3.79. The molecule has 156 valence electrons. The zero-order valence-corrected chi connectivity index (χ0v) is 18.1. The quantitative estimate of drug-likeness (QED) is 0.695. The summed E-state index contributed by atoms with van der Waals surface area (Å²) in [5, 5.41) is 9.34. The molecule has 0 saturated carbocycles. The van der Waals surface area contributed by atoms with E-state index < -0.39 is 5.41 Å². The van der Waals surface area contributed by atoms with Crippen LogP contribution in [0.5, 0.6) is 0 Å². The lowest BCUT2D eigenvalue weighted by atomic mass is 9.72. The monoisotopic (exact) mass is 415 g/mol. The van der Waals surface area contributed by atoms with Crippen LogP contribution in [0.1, 0.15) is 48.2 Å². The van der Waals surface area contributed by atoms with Gasteiger partial charge in [-0.1, -0.05) is 36.4 Å². The van der Waals surface area contributed by atoms with E-state index in [9.17, 15) is 9.59 Å². The van der Waals surface area contributed by atoms with Crippen LogP contribution in [0, 0.1) is 6.92 Å². The van der Waals surface area contributed by atoms with Crippen LogP contribution in [-0.2, 0) is 10.2 Å². The molecule has 1 saturated heterocycles. The zero-order valence-electron chi connectivity index (χ0n) is 17.2. The van der Waals surface area contributed by atoms with E-state index in [2.05, 4.69) is 16.0 Å². The van der Waals surface area contributed by atoms with Crippen molar-refractivity contribution in [2.24, 2.45) is 0 Å². The second-order valence-electron chi connectivity index (χ2n) is 7.81. The van der Waals surface area contributed by atoms with E-state index >= 15 is 0 Å². The number of rotatable bonds is 5. The number of halogens is 1. The SMILES string of the molecule is Cc1ccc(NC(=O)C2(c3ccccc3)CCNCC2)cc1C(=O)NC(C)C.Cl. The second-order valence-corrected chi connectivity index (χ2v) is 7.81. The van der Waals surface area contributed by atoms with Crippen molar-refractivity contribution in [2.75, 3.05) is 18.4 Å². The first kappa shape index (κ1) is 22.9. The predicted molar refractivity (Wildman–Crippen MR) is 120 cm³/mol. The molecule has 0 radical (unpaired) electrons. The van der Waals surface area contributed by atoms with Gasteiger partial charge in [-0.2, -0.15) is 0 Å². The van der Waals surface area contributed by atoms with E-state index in [1.807, 2.05) is 63.2 Å². The molecule has 1 fully saturated rings.